The van der Waals surface area contributed by atoms with Crippen molar-refractivity contribution in [2.75, 3.05) is 0 Å². The number of hydrogen-bond acceptors (Lipinski definition) is 4. The van der Waals surface area contributed by atoms with Crippen molar-refractivity contribution in [3.05, 3.63) is 47.5 Å². The molecule has 2 rings (SSSR count). The van der Waals surface area contributed by atoms with Crippen LogP contribution in [0, 0.1) is 0 Å². The van der Waals surface area contributed by atoms with E-state index in [0.717, 1.165) is 17.5 Å². The molecule has 1 heterocycles. The van der Waals surface area contributed by atoms with E-state index in [2.05, 4.69) is 14.7 Å². The van der Waals surface area contributed by atoms with Crippen molar-refractivity contribution >= 4 is 10.0 Å². The molecule has 0 aliphatic rings. The Bertz CT molecular complexity index is 696. The van der Waals surface area contributed by atoms with Gasteiger partial charge in [-0.2, -0.15) is 0 Å². The zero-order chi connectivity index (χ0) is 15.5. The molecule has 1 aromatic carbocycles. The van der Waals surface area contributed by atoms with Crippen LogP contribution in [0.2, 0.25) is 0 Å². The number of H-pyrrole nitrogens is 1. The summed E-state index contributed by atoms with van der Waals surface area (Å²) in [6.45, 7) is 4.07. The summed E-state index contributed by atoms with van der Waals surface area (Å²) in [7, 11) is -3.61. The van der Waals surface area contributed by atoms with Crippen LogP contribution in [0.3, 0.4) is 0 Å². The Morgan fingerprint density at radius 2 is 2.14 bits per heavy atom. The van der Waals surface area contributed by atoms with Crippen molar-refractivity contribution in [3.63, 3.8) is 0 Å². The number of nitrogens with two attached hydrogens (primary N) is 1. The van der Waals surface area contributed by atoms with Gasteiger partial charge in [-0.3, -0.25) is 0 Å². The Hall–Kier alpha value is -1.70. The molecule has 0 aliphatic carbocycles. The van der Waals surface area contributed by atoms with Gasteiger partial charge in [0.05, 0.1) is 10.9 Å². The molecule has 0 fully saturated rings. The van der Waals surface area contributed by atoms with Gasteiger partial charge in [0.2, 0.25) is 10.0 Å². The molecule has 0 saturated carbocycles. The minimum Gasteiger partial charge on any atom is -0.347 e. The topological polar surface area (TPSA) is 101 Å². The van der Waals surface area contributed by atoms with E-state index in [4.69, 9.17) is 5.73 Å². The summed E-state index contributed by atoms with van der Waals surface area (Å²) >= 11 is 0. The van der Waals surface area contributed by atoms with Gasteiger partial charge in [-0.1, -0.05) is 13.0 Å². The first-order chi connectivity index (χ1) is 9.97. The van der Waals surface area contributed by atoms with Crippen LogP contribution >= 0.6 is 0 Å². The standard InChI is InChI=1S/C14H20N4O2S/c1-3-11-4-5-13(8-12(11)9-15)21(19,20)18-10(2)14-16-6-7-17-14/h4-8,10,18H,3,9,15H2,1-2H3,(H,16,17). The highest BCUT2D eigenvalue weighted by Gasteiger charge is 2.20. The van der Waals surface area contributed by atoms with E-state index in [9.17, 15) is 8.42 Å². The van der Waals surface area contributed by atoms with Crippen molar-refractivity contribution in [2.45, 2.75) is 37.8 Å². The van der Waals surface area contributed by atoms with Crippen LogP contribution in [0.15, 0.2) is 35.5 Å². The second kappa shape index (κ2) is 6.38. The van der Waals surface area contributed by atoms with Gasteiger partial charge in [0.25, 0.3) is 0 Å². The van der Waals surface area contributed by atoms with Gasteiger partial charge in [-0.05, 0) is 36.6 Å². The lowest BCUT2D eigenvalue weighted by atomic mass is 10.1. The van der Waals surface area contributed by atoms with Crippen molar-refractivity contribution < 1.29 is 8.42 Å². The predicted octanol–water partition coefficient (Wildman–Crippen LogP) is 1.47. The molecule has 1 atom stereocenters. The summed E-state index contributed by atoms with van der Waals surface area (Å²) in [5.41, 5.74) is 7.60. The van der Waals surface area contributed by atoms with E-state index in [1.165, 1.54) is 0 Å². The molecule has 0 bridgehead atoms. The maximum absolute atomic E-state index is 12.4. The third-order valence-corrected chi connectivity index (χ3v) is 4.89. The molecular formula is C14H20N4O2S. The number of sulfonamides is 1. The van der Waals surface area contributed by atoms with E-state index in [1.807, 2.05) is 13.0 Å². The Labute approximate surface area is 124 Å². The Morgan fingerprint density at radius 1 is 1.38 bits per heavy atom. The molecule has 1 aromatic heterocycles. The van der Waals surface area contributed by atoms with Crippen LogP contribution in [0.25, 0.3) is 0 Å². The first-order valence-corrected chi connectivity index (χ1v) is 8.29. The van der Waals surface area contributed by atoms with Crippen LogP contribution in [0.5, 0.6) is 0 Å². The second-order valence-electron chi connectivity index (χ2n) is 4.81. The molecule has 0 spiro atoms. The van der Waals surface area contributed by atoms with Crippen LogP contribution < -0.4 is 10.5 Å². The Kier molecular flexibility index (Phi) is 4.76. The third kappa shape index (κ3) is 3.49. The van der Waals surface area contributed by atoms with Gasteiger partial charge in [0, 0.05) is 18.9 Å². The fraction of sp³-hybridized carbons (Fsp3) is 0.357. The number of aryl methyl sites for hydroxylation is 1. The van der Waals surface area contributed by atoms with Gasteiger partial charge < -0.3 is 10.7 Å². The SMILES string of the molecule is CCc1ccc(S(=O)(=O)NC(C)c2ncc[nH]2)cc1CN. The van der Waals surface area contributed by atoms with Crippen LogP contribution in [-0.2, 0) is 23.0 Å². The van der Waals surface area contributed by atoms with Gasteiger partial charge in [-0.15, -0.1) is 0 Å². The number of hydrogen-bond donors (Lipinski definition) is 3. The summed E-state index contributed by atoms with van der Waals surface area (Å²) in [5.74, 6) is 0.572. The van der Waals surface area contributed by atoms with E-state index in [0.29, 0.717) is 12.4 Å². The molecule has 4 N–H and O–H groups in total. The monoisotopic (exact) mass is 308 g/mol. The number of nitrogens with zero attached hydrogens (tertiary/aromatic N) is 1. The van der Waals surface area contributed by atoms with E-state index in [1.54, 1.807) is 31.5 Å². The van der Waals surface area contributed by atoms with E-state index >= 15 is 0 Å². The summed E-state index contributed by atoms with van der Waals surface area (Å²) in [4.78, 5) is 7.17. The number of imidazole rings is 1. The van der Waals surface area contributed by atoms with Gasteiger partial charge >= 0.3 is 0 Å². The van der Waals surface area contributed by atoms with Crippen molar-refractivity contribution in [1.82, 2.24) is 14.7 Å². The van der Waals surface area contributed by atoms with Crippen molar-refractivity contribution in [2.24, 2.45) is 5.73 Å². The van der Waals surface area contributed by atoms with E-state index < -0.39 is 16.1 Å². The number of benzene rings is 1. The van der Waals surface area contributed by atoms with Crippen LogP contribution in [0.1, 0.15) is 36.8 Å². The summed E-state index contributed by atoms with van der Waals surface area (Å²) < 4.78 is 27.4. The minimum absolute atomic E-state index is 0.221. The number of nitrogens with one attached hydrogen (secondary N) is 2. The van der Waals surface area contributed by atoms with Gasteiger partial charge in [0.15, 0.2) is 0 Å². The lowest BCUT2D eigenvalue weighted by Gasteiger charge is -2.14. The maximum atomic E-state index is 12.4. The van der Waals surface area contributed by atoms with Gasteiger partial charge in [0.1, 0.15) is 5.82 Å². The van der Waals surface area contributed by atoms with Crippen molar-refractivity contribution in [1.29, 1.82) is 0 Å². The Balaban J connectivity index is 2.27. The normalized spacial score (nSPS) is 13.3. The highest BCUT2D eigenvalue weighted by molar-refractivity contribution is 7.89. The quantitative estimate of drug-likeness (QED) is 0.752. The number of aromatic amines is 1. The molecule has 0 amide bonds. The first kappa shape index (κ1) is 15.7. The fourth-order valence-corrected chi connectivity index (χ4v) is 3.43. The summed E-state index contributed by atoms with van der Waals surface area (Å²) in [6, 6.07) is 4.62. The third-order valence-electron chi connectivity index (χ3n) is 3.35. The van der Waals surface area contributed by atoms with Crippen molar-refractivity contribution in [3.8, 4) is 0 Å². The fourth-order valence-electron chi connectivity index (χ4n) is 2.18. The lowest BCUT2D eigenvalue weighted by Crippen LogP contribution is -2.27. The molecule has 0 radical (unpaired) electrons. The highest BCUT2D eigenvalue weighted by atomic mass is 32.2. The minimum atomic E-state index is -3.61. The summed E-state index contributed by atoms with van der Waals surface area (Å²) in [5, 5.41) is 0. The predicted molar refractivity (Wildman–Crippen MR) is 81.0 cm³/mol. The molecule has 2 aromatic rings. The molecule has 21 heavy (non-hydrogen) atoms. The molecule has 1 unspecified atom stereocenters. The van der Waals surface area contributed by atoms with E-state index in [-0.39, 0.29) is 4.90 Å². The van der Waals surface area contributed by atoms with Crippen LogP contribution in [-0.4, -0.2) is 18.4 Å². The largest absolute Gasteiger partial charge is 0.347 e. The lowest BCUT2D eigenvalue weighted by molar-refractivity contribution is 0.561. The van der Waals surface area contributed by atoms with Gasteiger partial charge in [-0.25, -0.2) is 18.1 Å². The molecule has 0 saturated heterocycles. The smallest absolute Gasteiger partial charge is 0.241 e. The number of aromatic nitrogens is 2. The zero-order valence-corrected chi connectivity index (χ0v) is 12.9. The molecule has 6 nitrogen and oxygen atoms in total. The molecule has 7 heteroatoms. The average Bonchev–Trinajstić information content (AvgIpc) is 3.00. The number of rotatable bonds is 6. The zero-order valence-electron chi connectivity index (χ0n) is 12.1. The second-order valence-corrected chi connectivity index (χ2v) is 6.52. The highest BCUT2D eigenvalue weighted by Crippen LogP contribution is 2.18. The Morgan fingerprint density at radius 3 is 2.71 bits per heavy atom. The molecule has 0 aliphatic heterocycles. The average molecular weight is 308 g/mol. The maximum Gasteiger partial charge on any atom is 0.241 e. The van der Waals surface area contributed by atoms with Crippen LogP contribution in [0.4, 0.5) is 0 Å². The molecular weight excluding hydrogens is 288 g/mol. The molecule has 114 valence electrons. The summed E-state index contributed by atoms with van der Waals surface area (Å²) in [6.07, 6.45) is 4.06. The first-order valence-electron chi connectivity index (χ1n) is 6.81.